The molecule has 1 amide bonds. The summed E-state index contributed by atoms with van der Waals surface area (Å²) in [5.41, 5.74) is 2.24. The lowest BCUT2D eigenvalue weighted by Gasteiger charge is -2.38. The Morgan fingerprint density at radius 2 is 1.77 bits per heavy atom. The van der Waals surface area contributed by atoms with Crippen molar-refractivity contribution in [3.63, 3.8) is 0 Å². The molecular weight excluding hydrogens is 508 g/mol. The number of rotatable bonds is 6. The minimum Gasteiger partial charge on any atom is -0.479 e. The molecule has 0 aliphatic carbocycles. The van der Waals surface area contributed by atoms with E-state index in [9.17, 15) is 14.7 Å². The fourth-order valence-electron chi connectivity index (χ4n) is 5.81. The average molecular weight is 543 g/mol. The molecule has 7 nitrogen and oxygen atoms in total. The Morgan fingerprint density at radius 3 is 2.36 bits per heavy atom. The van der Waals surface area contributed by atoms with Crippen LogP contribution in [0.25, 0.3) is 11.0 Å². The average Bonchev–Trinajstić information content (AvgIpc) is 3.54. The van der Waals surface area contributed by atoms with Gasteiger partial charge in [-0.1, -0.05) is 58.9 Å². The molecular formula is C31H34N4O3S. The highest BCUT2D eigenvalue weighted by Crippen LogP contribution is 2.54. The van der Waals surface area contributed by atoms with Gasteiger partial charge in [0.2, 0.25) is 0 Å². The van der Waals surface area contributed by atoms with Crippen LogP contribution >= 0.6 is 11.3 Å². The number of fused-ring (bicyclic) bond motifs is 1. The predicted molar refractivity (Wildman–Crippen MR) is 153 cm³/mol. The van der Waals surface area contributed by atoms with Gasteiger partial charge in [0.05, 0.1) is 22.8 Å². The van der Waals surface area contributed by atoms with Gasteiger partial charge in [0.25, 0.3) is 5.91 Å². The molecule has 3 heterocycles. The van der Waals surface area contributed by atoms with E-state index in [4.69, 9.17) is 4.98 Å². The largest absolute Gasteiger partial charge is 0.479 e. The van der Waals surface area contributed by atoms with Gasteiger partial charge in [-0.3, -0.25) is 9.78 Å². The maximum atomic E-state index is 14.4. The molecule has 1 saturated heterocycles. The summed E-state index contributed by atoms with van der Waals surface area (Å²) in [6, 6.07) is 14.6. The minimum absolute atomic E-state index is 0.0399. The van der Waals surface area contributed by atoms with E-state index >= 15 is 0 Å². The Kier molecular flexibility index (Phi) is 7.01. The van der Waals surface area contributed by atoms with Gasteiger partial charge in [0.1, 0.15) is 10.5 Å². The number of carbonyl (C=O) groups is 2. The van der Waals surface area contributed by atoms with Crippen molar-refractivity contribution in [2.24, 2.45) is 5.92 Å². The molecule has 5 rings (SSSR count). The van der Waals surface area contributed by atoms with E-state index < -0.39 is 17.6 Å². The molecule has 0 saturated carbocycles. The molecule has 2 aromatic heterocycles. The van der Waals surface area contributed by atoms with E-state index in [-0.39, 0.29) is 29.6 Å². The number of carboxylic acids is 1. The Hall–Kier alpha value is -3.65. The molecule has 3 atom stereocenters. The second kappa shape index (κ2) is 10.2. The van der Waals surface area contributed by atoms with E-state index in [1.807, 2.05) is 67.8 Å². The van der Waals surface area contributed by atoms with Gasteiger partial charge >= 0.3 is 5.97 Å². The molecule has 0 radical (unpaired) electrons. The van der Waals surface area contributed by atoms with Crippen LogP contribution in [0.1, 0.15) is 86.0 Å². The van der Waals surface area contributed by atoms with Gasteiger partial charge in [0, 0.05) is 29.3 Å². The topological polar surface area (TPSA) is 96.3 Å². The number of carboxylic acid groups (broad SMARTS) is 1. The van der Waals surface area contributed by atoms with Crippen molar-refractivity contribution in [1.82, 2.24) is 19.9 Å². The maximum Gasteiger partial charge on any atom is 0.329 e. The van der Waals surface area contributed by atoms with Crippen LogP contribution < -0.4 is 0 Å². The van der Waals surface area contributed by atoms with Crippen LogP contribution in [-0.2, 0) is 10.2 Å². The van der Waals surface area contributed by atoms with E-state index in [2.05, 4.69) is 30.7 Å². The number of thiazole rings is 1. The van der Waals surface area contributed by atoms with Crippen molar-refractivity contribution in [3.05, 3.63) is 88.1 Å². The van der Waals surface area contributed by atoms with Crippen molar-refractivity contribution < 1.29 is 14.7 Å². The number of hydrogen-bond donors (Lipinski definition) is 1. The van der Waals surface area contributed by atoms with Gasteiger partial charge in [0.15, 0.2) is 0 Å². The molecule has 0 spiro atoms. The highest BCUT2D eigenvalue weighted by molar-refractivity contribution is 7.09. The van der Waals surface area contributed by atoms with E-state index in [0.717, 1.165) is 16.6 Å². The summed E-state index contributed by atoms with van der Waals surface area (Å²) in [7, 11) is 0. The molecule has 202 valence electrons. The van der Waals surface area contributed by atoms with Crippen molar-refractivity contribution in [3.8, 4) is 0 Å². The normalized spacial score (nSPS) is 21.5. The van der Waals surface area contributed by atoms with Crippen molar-refractivity contribution >= 4 is 34.2 Å². The Bertz CT molecular complexity index is 1490. The second-order valence-corrected chi connectivity index (χ2v) is 12.8. The molecule has 1 N–H and O–H groups in total. The number of para-hydroxylation sites is 2. The molecule has 1 aliphatic rings. The Balaban J connectivity index is 1.69. The van der Waals surface area contributed by atoms with Crippen molar-refractivity contribution in [1.29, 1.82) is 0 Å². The van der Waals surface area contributed by atoms with Gasteiger partial charge in [-0.05, 0) is 54.0 Å². The van der Waals surface area contributed by atoms with Crippen molar-refractivity contribution in [2.45, 2.75) is 70.4 Å². The van der Waals surface area contributed by atoms with Crippen LogP contribution in [0, 0.1) is 5.92 Å². The van der Waals surface area contributed by atoms with Crippen LogP contribution in [0.5, 0.6) is 0 Å². The quantitative estimate of drug-likeness (QED) is 0.294. The van der Waals surface area contributed by atoms with Gasteiger partial charge in [-0.2, -0.15) is 0 Å². The first-order valence-corrected chi connectivity index (χ1v) is 14.2. The molecule has 0 bridgehead atoms. The van der Waals surface area contributed by atoms with E-state index in [1.54, 1.807) is 17.3 Å². The fourth-order valence-corrected chi connectivity index (χ4v) is 6.60. The lowest BCUT2D eigenvalue weighted by molar-refractivity contribution is -0.150. The third-order valence-corrected chi connectivity index (χ3v) is 8.44. The summed E-state index contributed by atoms with van der Waals surface area (Å²) in [4.78, 5) is 43.4. The number of likely N-dealkylation sites (tertiary alicyclic amines) is 1. The fraction of sp³-hybridized carbons (Fsp3) is 0.387. The monoisotopic (exact) mass is 542 g/mol. The summed E-state index contributed by atoms with van der Waals surface area (Å²) in [6.45, 7) is 10.3. The lowest BCUT2D eigenvalue weighted by atomic mass is 9.82. The summed E-state index contributed by atoms with van der Waals surface area (Å²) in [5.74, 6) is -1.66. The molecule has 1 fully saturated rings. The van der Waals surface area contributed by atoms with Crippen LogP contribution in [0.4, 0.5) is 0 Å². The van der Waals surface area contributed by atoms with Gasteiger partial charge in [-0.15, -0.1) is 11.3 Å². The van der Waals surface area contributed by atoms with Crippen LogP contribution in [0.2, 0.25) is 0 Å². The summed E-state index contributed by atoms with van der Waals surface area (Å²) in [5, 5.41) is 13.4. The first-order chi connectivity index (χ1) is 18.5. The summed E-state index contributed by atoms with van der Waals surface area (Å²) < 4.78 is 0. The lowest BCUT2D eigenvalue weighted by Crippen LogP contribution is -2.54. The number of nitrogens with zero attached hydrogens (tertiary/aromatic N) is 4. The Morgan fingerprint density at radius 1 is 1.08 bits per heavy atom. The minimum atomic E-state index is -1.43. The number of aliphatic carboxylic acids is 1. The zero-order valence-electron chi connectivity index (χ0n) is 23.0. The third-order valence-electron chi connectivity index (χ3n) is 7.59. The molecule has 2 unspecified atom stereocenters. The van der Waals surface area contributed by atoms with Gasteiger partial charge in [-0.25, -0.2) is 14.8 Å². The number of benzene rings is 2. The number of hydrogen-bond acceptors (Lipinski definition) is 6. The zero-order valence-corrected chi connectivity index (χ0v) is 23.8. The standard InChI is InChI=1S/C31H34N4O3S/c1-19(2)16-31(29(37)38)17-22(25-18-33-23-8-6-7-9-24(23)34-25)26(27-32-14-15-39-27)35(31)28(36)20-10-12-21(13-11-20)30(3,4)5/h6-15,18-19,22,26H,16-17H2,1-5H3,(H,37,38)/t22?,26-,31?/m1/s1. The third kappa shape index (κ3) is 4.93. The van der Waals surface area contributed by atoms with Crippen LogP contribution in [0.3, 0.4) is 0 Å². The van der Waals surface area contributed by atoms with Crippen LogP contribution in [-0.4, -0.2) is 42.4 Å². The van der Waals surface area contributed by atoms with E-state index in [1.165, 1.54) is 11.3 Å². The number of aromatic nitrogens is 3. The smallest absolute Gasteiger partial charge is 0.329 e. The second-order valence-electron chi connectivity index (χ2n) is 11.8. The molecule has 4 aromatic rings. The summed E-state index contributed by atoms with van der Waals surface area (Å²) >= 11 is 1.43. The molecule has 39 heavy (non-hydrogen) atoms. The maximum absolute atomic E-state index is 14.4. The zero-order chi connectivity index (χ0) is 27.9. The predicted octanol–water partition coefficient (Wildman–Crippen LogP) is 6.62. The summed E-state index contributed by atoms with van der Waals surface area (Å²) in [6.07, 6.45) is 3.96. The highest BCUT2D eigenvalue weighted by atomic mass is 32.1. The van der Waals surface area contributed by atoms with Crippen molar-refractivity contribution in [2.75, 3.05) is 0 Å². The number of amides is 1. The van der Waals surface area contributed by atoms with Gasteiger partial charge < -0.3 is 10.0 Å². The molecule has 8 heteroatoms. The highest BCUT2D eigenvalue weighted by Gasteiger charge is 2.60. The number of carbonyl (C=O) groups excluding carboxylic acids is 1. The molecule has 2 aromatic carbocycles. The van der Waals surface area contributed by atoms with E-state index in [0.29, 0.717) is 22.7 Å². The first-order valence-electron chi connectivity index (χ1n) is 13.3. The Labute approximate surface area is 233 Å². The van der Waals surface area contributed by atoms with Crippen LogP contribution in [0.15, 0.2) is 66.3 Å². The SMILES string of the molecule is CC(C)CC1(C(=O)O)CC(c2cnc3ccccc3n2)[C@H](c2nccs2)N1C(=O)c1ccc(C(C)(C)C)cc1. The first kappa shape index (κ1) is 26.9. The molecule has 1 aliphatic heterocycles.